The van der Waals surface area contributed by atoms with Crippen molar-refractivity contribution in [3.63, 3.8) is 0 Å². The maximum atomic E-state index is 5.75. The van der Waals surface area contributed by atoms with Gasteiger partial charge in [-0.2, -0.15) is 11.8 Å². The van der Waals surface area contributed by atoms with E-state index in [0.717, 1.165) is 18.5 Å². The van der Waals surface area contributed by atoms with E-state index in [1.807, 2.05) is 11.8 Å². The van der Waals surface area contributed by atoms with Crippen LogP contribution >= 0.6 is 11.8 Å². The van der Waals surface area contributed by atoms with Crippen LogP contribution in [-0.4, -0.2) is 24.2 Å². The Hall–Kier alpha value is -0.510. The number of ether oxygens (including phenoxy) is 1. The number of thioether (sulfide) groups is 1. The zero-order valence-corrected chi connectivity index (χ0v) is 12.4. The number of nitrogens with one attached hydrogen (secondary N) is 1. The molecule has 104 valence electrons. The number of rotatable bonds is 3. The molecule has 0 saturated heterocycles. The highest BCUT2D eigenvalue weighted by molar-refractivity contribution is 7.99. The van der Waals surface area contributed by atoms with Crippen LogP contribution in [-0.2, 0) is 11.3 Å². The lowest BCUT2D eigenvalue weighted by atomic mass is 9.92. The topological polar surface area (TPSA) is 21.3 Å². The second kappa shape index (κ2) is 6.29. The normalized spacial score (nSPS) is 30.9. The average molecular weight is 277 g/mol. The molecule has 1 heterocycles. The van der Waals surface area contributed by atoms with Crippen LogP contribution in [0.4, 0.5) is 0 Å². The predicted molar refractivity (Wildman–Crippen MR) is 81.5 cm³/mol. The second-order valence-electron chi connectivity index (χ2n) is 5.60. The molecule has 3 rings (SSSR count). The van der Waals surface area contributed by atoms with Gasteiger partial charge in [0.1, 0.15) is 0 Å². The van der Waals surface area contributed by atoms with Crippen LogP contribution in [0.25, 0.3) is 0 Å². The molecule has 1 aliphatic carbocycles. The Morgan fingerprint density at radius 3 is 2.95 bits per heavy atom. The third-order valence-electron chi connectivity index (χ3n) is 4.39. The smallest absolute Gasteiger partial charge is 0.0721 e. The van der Waals surface area contributed by atoms with Crippen molar-refractivity contribution in [1.82, 2.24) is 5.32 Å². The molecule has 3 atom stereocenters. The molecule has 1 saturated carbocycles. The van der Waals surface area contributed by atoms with E-state index in [0.29, 0.717) is 12.1 Å². The third-order valence-corrected chi connectivity index (χ3v) is 5.56. The Bertz CT molecular complexity index is 423. The summed E-state index contributed by atoms with van der Waals surface area (Å²) in [6, 6.07) is 9.72. The van der Waals surface area contributed by atoms with Gasteiger partial charge in [-0.05, 0) is 30.2 Å². The predicted octanol–water partition coefficient (Wildman–Crippen LogP) is 3.52. The van der Waals surface area contributed by atoms with Crippen LogP contribution in [0.15, 0.2) is 24.3 Å². The zero-order chi connectivity index (χ0) is 13.1. The van der Waals surface area contributed by atoms with E-state index >= 15 is 0 Å². The molecule has 3 unspecified atom stereocenters. The van der Waals surface area contributed by atoms with Crippen molar-refractivity contribution in [2.75, 3.05) is 12.9 Å². The molecular weight excluding hydrogens is 254 g/mol. The lowest BCUT2D eigenvalue weighted by Crippen LogP contribution is -2.44. The van der Waals surface area contributed by atoms with E-state index < -0.39 is 0 Å². The number of hydrogen-bond acceptors (Lipinski definition) is 3. The summed E-state index contributed by atoms with van der Waals surface area (Å²) >= 11 is 2.02. The van der Waals surface area contributed by atoms with Crippen LogP contribution in [0.2, 0.25) is 0 Å². The van der Waals surface area contributed by atoms with Gasteiger partial charge in [-0.15, -0.1) is 0 Å². The highest BCUT2D eigenvalue weighted by Gasteiger charge is 2.29. The summed E-state index contributed by atoms with van der Waals surface area (Å²) in [6.45, 7) is 1.58. The Morgan fingerprint density at radius 2 is 2.05 bits per heavy atom. The van der Waals surface area contributed by atoms with Crippen molar-refractivity contribution in [3.05, 3.63) is 35.4 Å². The van der Waals surface area contributed by atoms with Crippen LogP contribution < -0.4 is 5.32 Å². The van der Waals surface area contributed by atoms with Gasteiger partial charge in [0.2, 0.25) is 0 Å². The molecule has 0 bridgehead atoms. The summed E-state index contributed by atoms with van der Waals surface area (Å²) in [5, 5.41) is 4.64. The SMILES string of the molecule is CSC1CCCCC1NC1COCc2ccccc21. The maximum Gasteiger partial charge on any atom is 0.0721 e. The van der Waals surface area contributed by atoms with Crippen molar-refractivity contribution in [3.8, 4) is 0 Å². The molecule has 2 nitrogen and oxygen atoms in total. The van der Waals surface area contributed by atoms with Crippen molar-refractivity contribution >= 4 is 11.8 Å². The van der Waals surface area contributed by atoms with Crippen LogP contribution in [0, 0.1) is 0 Å². The molecule has 1 aromatic carbocycles. The summed E-state index contributed by atoms with van der Waals surface area (Å²) in [5.74, 6) is 0. The standard InChI is InChI=1S/C16H23NOS/c1-19-16-9-5-4-8-14(16)17-15-11-18-10-12-6-2-3-7-13(12)15/h2-3,6-7,14-17H,4-5,8-11H2,1H3. The average Bonchev–Trinajstić information content (AvgIpc) is 2.48. The fourth-order valence-electron chi connectivity index (χ4n) is 3.35. The molecule has 0 aromatic heterocycles. The summed E-state index contributed by atoms with van der Waals surface area (Å²) < 4.78 is 5.75. The fourth-order valence-corrected chi connectivity index (χ4v) is 4.29. The minimum Gasteiger partial charge on any atom is -0.375 e. The van der Waals surface area contributed by atoms with Crippen molar-refractivity contribution in [2.45, 2.75) is 49.6 Å². The van der Waals surface area contributed by atoms with E-state index in [2.05, 4.69) is 35.8 Å². The molecule has 3 heteroatoms. The molecule has 0 amide bonds. The van der Waals surface area contributed by atoms with E-state index in [-0.39, 0.29) is 0 Å². The molecule has 1 aromatic rings. The molecule has 2 aliphatic rings. The third kappa shape index (κ3) is 2.99. The van der Waals surface area contributed by atoms with Gasteiger partial charge in [0.05, 0.1) is 19.3 Å². The Kier molecular flexibility index (Phi) is 4.46. The van der Waals surface area contributed by atoms with Crippen LogP contribution in [0.1, 0.15) is 42.9 Å². The molecule has 0 spiro atoms. The molecule has 1 aliphatic heterocycles. The van der Waals surface area contributed by atoms with E-state index in [1.54, 1.807) is 0 Å². The molecule has 1 fully saturated rings. The maximum absolute atomic E-state index is 5.75. The summed E-state index contributed by atoms with van der Waals surface area (Å²) in [6.07, 6.45) is 7.67. The minimum absolute atomic E-state index is 0.377. The molecule has 1 N–H and O–H groups in total. The number of fused-ring (bicyclic) bond motifs is 1. The van der Waals surface area contributed by atoms with Crippen molar-refractivity contribution in [2.24, 2.45) is 0 Å². The Balaban J connectivity index is 1.73. The van der Waals surface area contributed by atoms with Crippen molar-refractivity contribution in [1.29, 1.82) is 0 Å². The molecule has 19 heavy (non-hydrogen) atoms. The van der Waals surface area contributed by atoms with E-state index in [4.69, 9.17) is 4.74 Å². The van der Waals surface area contributed by atoms with Gasteiger partial charge >= 0.3 is 0 Å². The van der Waals surface area contributed by atoms with E-state index in [1.165, 1.54) is 36.8 Å². The first kappa shape index (κ1) is 13.5. The van der Waals surface area contributed by atoms with Gasteiger partial charge < -0.3 is 10.1 Å². The highest BCUT2D eigenvalue weighted by Crippen LogP contribution is 2.31. The molecule has 0 radical (unpaired) electrons. The van der Waals surface area contributed by atoms with Crippen LogP contribution in [0.3, 0.4) is 0 Å². The second-order valence-corrected chi connectivity index (χ2v) is 6.68. The lowest BCUT2D eigenvalue weighted by molar-refractivity contribution is 0.0768. The van der Waals surface area contributed by atoms with E-state index in [9.17, 15) is 0 Å². The molecular formula is C16H23NOS. The van der Waals surface area contributed by atoms with Gasteiger partial charge in [-0.25, -0.2) is 0 Å². The highest BCUT2D eigenvalue weighted by atomic mass is 32.2. The van der Waals surface area contributed by atoms with Gasteiger partial charge in [0, 0.05) is 11.3 Å². The number of benzene rings is 1. The van der Waals surface area contributed by atoms with Gasteiger partial charge in [-0.3, -0.25) is 0 Å². The zero-order valence-electron chi connectivity index (χ0n) is 11.6. The largest absolute Gasteiger partial charge is 0.375 e. The van der Waals surface area contributed by atoms with Gasteiger partial charge in [-0.1, -0.05) is 37.1 Å². The lowest BCUT2D eigenvalue weighted by Gasteiger charge is -2.36. The first-order valence-electron chi connectivity index (χ1n) is 7.33. The first-order chi connectivity index (χ1) is 9.38. The van der Waals surface area contributed by atoms with Gasteiger partial charge in [0.25, 0.3) is 0 Å². The Labute approximate surface area is 120 Å². The van der Waals surface area contributed by atoms with Crippen LogP contribution in [0.5, 0.6) is 0 Å². The Morgan fingerprint density at radius 1 is 1.21 bits per heavy atom. The monoisotopic (exact) mass is 277 g/mol. The first-order valence-corrected chi connectivity index (χ1v) is 8.61. The number of hydrogen-bond donors (Lipinski definition) is 1. The quantitative estimate of drug-likeness (QED) is 0.913. The fraction of sp³-hybridized carbons (Fsp3) is 0.625. The summed E-state index contributed by atoms with van der Waals surface area (Å²) in [5.41, 5.74) is 2.79. The van der Waals surface area contributed by atoms with Crippen molar-refractivity contribution < 1.29 is 4.74 Å². The van der Waals surface area contributed by atoms with Gasteiger partial charge in [0.15, 0.2) is 0 Å². The minimum atomic E-state index is 0.377. The summed E-state index contributed by atoms with van der Waals surface area (Å²) in [4.78, 5) is 0. The summed E-state index contributed by atoms with van der Waals surface area (Å²) in [7, 11) is 0.